The molecule has 1 aliphatic heterocycles. The average molecular weight is 175 g/mol. The molecule has 0 bridgehead atoms. The fourth-order valence-corrected chi connectivity index (χ4v) is 1.64. The van der Waals surface area contributed by atoms with E-state index in [4.69, 9.17) is 5.11 Å². The zero-order chi connectivity index (χ0) is 9.14. The highest BCUT2D eigenvalue weighted by Gasteiger charge is 2.27. The minimum Gasteiger partial charge on any atom is -0.390 e. The van der Waals surface area contributed by atoms with E-state index in [-0.39, 0.29) is 0 Å². The van der Waals surface area contributed by atoms with E-state index in [0.29, 0.717) is 18.9 Å². The SMILES string of the molecule is CC(C)CN1CC[C@H](O)[C@H](F)C1. The van der Waals surface area contributed by atoms with E-state index in [1.54, 1.807) is 0 Å². The van der Waals surface area contributed by atoms with Crippen molar-refractivity contribution in [1.82, 2.24) is 4.90 Å². The lowest BCUT2D eigenvalue weighted by molar-refractivity contribution is 0.00331. The largest absolute Gasteiger partial charge is 0.390 e. The Bertz CT molecular complexity index is 140. The molecule has 1 heterocycles. The first-order valence-corrected chi connectivity index (χ1v) is 4.64. The van der Waals surface area contributed by atoms with Gasteiger partial charge in [-0.1, -0.05) is 13.8 Å². The van der Waals surface area contributed by atoms with Crippen molar-refractivity contribution in [1.29, 1.82) is 0 Å². The Morgan fingerprint density at radius 3 is 2.75 bits per heavy atom. The van der Waals surface area contributed by atoms with Crippen LogP contribution in [0.15, 0.2) is 0 Å². The molecule has 2 nitrogen and oxygen atoms in total. The van der Waals surface area contributed by atoms with Crippen molar-refractivity contribution >= 4 is 0 Å². The number of halogens is 1. The molecule has 12 heavy (non-hydrogen) atoms. The molecule has 0 saturated carbocycles. The molecule has 2 atom stereocenters. The normalized spacial score (nSPS) is 32.8. The number of aliphatic hydroxyl groups excluding tert-OH is 1. The Morgan fingerprint density at radius 2 is 2.25 bits per heavy atom. The molecule has 1 aliphatic rings. The predicted molar refractivity (Wildman–Crippen MR) is 46.8 cm³/mol. The van der Waals surface area contributed by atoms with Crippen LogP contribution in [0.2, 0.25) is 0 Å². The zero-order valence-electron chi connectivity index (χ0n) is 7.83. The Labute approximate surface area is 73.4 Å². The minimum absolute atomic E-state index is 0.402. The van der Waals surface area contributed by atoms with Gasteiger partial charge in [0.25, 0.3) is 0 Å². The number of hydrogen-bond acceptors (Lipinski definition) is 2. The van der Waals surface area contributed by atoms with E-state index in [2.05, 4.69) is 18.7 Å². The van der Waals surface area contributed by atoms with Crippen LogP contribution in [0.4, 0.5) is 4.39 Å². The highest BCUT2D eigenvalue weighted by atomic mass is 19.1. The second-order valence-electron chi connectivity index (χ2n) is 4.03. The van der Waals surface area contributed by atoms with Crippen LogP contribution >= 0.6 is 0 Å². The van der Waals surface area contributed by atoms with Crippen LogP contribution in [-0.2, 0) is 0 Å². The molecule has 72 valence electrons. The van der Waals surface area contributed by atoms with Gasteiger partial charge in [0.1, 0.15) is 6.17 Å². The van der Waals surface area contributed by atoms with Crippen molar-refractivity contribution in [2.45, 2.75) is 32.5 Å². The minimum atomic E-state index is -1.04. The molecule has 1 fully saturated rings. The summed E-state index contributed by atoms with van der Waals surface area (Å²) >= 11 is 0. The molecule has 0 spiro atoms. The third-order valence-corrected chi connectivity index (χ3v) is 2.21. The smallest absolute Gasteiger partial charge is 0.138 e. The third kappa shape index (κ3) is 2.72. The van der Waals surface area contributed by atoms with Crippen LogP contribution in [-0.4, -0.2) is 41.9 Å². The van der Waals surface area contributed by atoms with E-state index in [0.717, 1.165) is 13.1 Å². The van der Waals surface area contributed by atoms with Crippen molar-refractivity contribution in [2.75, 3.05) is 19.6 Å². The number of nitrogens with zero attached hydrogens (tertiary/aromatic N) is 1. The van der Waals surface area contributed by atoms with Crippen LogP contribution in [0, 0.1) is 5.92 Å². The first kappa shape index (κ1) is 9.93. The Kier molecular flexibility index (Phi) is 3.47. The lowest BCUT2D eigenvalue weighted by atomic mass is 10.0. The fraction of sp³-hybridized carbons (Fsp3) is 1.00. The van der Waals surface area contributed by atoms with Crippen molar-refractivity contribution < 1.29 is 9.50 Å². The molecule has 0 aromatic rings. The van der Waals surface area contributed by atoms with Gasteiger partial charge >= 0.3 is 0 Å². The Balaban J connectivity index is 2.30. The fourth-order valence-electron chi connectivity index (χ4n) is 1.64. The van der Waals surface area contributed by atoms with Gasteiger partial charge in [-0.15, -0.1) is 0 Å². The highest BCUT2D eigenvalue weighted by molar-refractivity contribution is 4.79. The number of likely N-dealkylation sites (tertiary alicyclic amines) is 1. The monoisotopic (exact) mass is 175 g/mol. The van der Waals surface area contributed by atoms with Crippen LogP contribution in [0.3, 0.4) is 0 Å². The summed E-state index contributed by atoms with van der Waals surface area (Å²) in [5.41, 5.74) is 0. The van der Waals surface area contributed by atoms with Crippen molar-refractivity contribution in [3.63, 3.8) is 0 Å². The quantitative estimate of drug-likeness (QED) is 0.678. The molecule has 0 radical (unpaired) electrons. The molecule has 1 N–H and O–H groups in total. The zero-order valence-corrected chi connectivity index (χ0v) is 7.83. The summed E-state index contributed by atoms with van der Waals surface area (Å²) in [4.78, 5) is 2.09. The summed E-state index contributed by atoms with van der Waals surface area (Å²) in [6, 6.07) is 0. The van der Waals surface area contributed by atoms with E-state index in [1.807, 2.05) is 0 Å². The van der Waals surface area contributed by atoms with Crippen molar-refractivity contribution in [3.8, 4) is 0 Å². The summed E-state index contributed by atoms with van der Waals surface area (Å²) in [6.45, 7) is 6.42. The highest BCUT2D eigenvalue weighted by Crippen LogP contribution is 2.14. The van der Waals surface area contributed by atoms with Crippen LogP contribution in [0.25, 0.3) is 0 Å². The van der Waals surface area contributed by atoms with Crippen molar-refractivity contribution in [2.24, 2.45) is 5.92 Å². The second-order valence-corrected chi connectivity index (χ2v) is 4.03. The first-order chi connectivity index (χ1) is 5.59. The van der Waals surface area contributed by atoms with E-state index in [1.165, 1.54) is 0 Å². The van der Waals surface area contributed by atoms with Gasteiger partial charge in [-0.2, -0.15) is 0 Å². The molecular weight excluding hydrogens is 157 g/mol. The van der Waals surface area contributed by atoms with Crippen LogP contribution < -0.4 is 0 Å². The van der Waals surface area contributed by atoms with Gasteiger partial charge in [0.2, 0.25) is 0 Å². The van der Waals surface area contributed by atoms with Crippen LogP contribution in [0.1, 0.15) is 20.3 Å². The van der Waals surface area contributed by atoms with Crippen molar-refractivity contribution in [3.05, 3.63) is 0 Å². The van der Waals surface area contributed by atoms with E-state index in [9.17, 15) is 4.39 Å². The van der Waals surface area contributed by atoms with E-state index < -0.39 is 12.3 Å². The number of alkyl halides is 1. The summed E-state index contributed by atoms with van der Waals surface area (Å²) in [5.74, 6) is 0.576. The standard InChI is InChI=1S/C9H18FNO/c1-7(2)5-11-4-3-9(12)8(10)6-11/h7-9,12H,3-6H2,1-2H3/t8-,9+/m1/s1. The second kappa shape index (κ2) is 4.19. The van der Waals surface area contributed by atoms with E-state index >= 15 is 0 Å². The lowest BCUT2D eigenvalue weighted by Gasteiger charge is -2.33. The Hall–Kier alpha value is -0.150. The summed E-state index contributed by atoms with van der Waals surface area (Å²) < 4.78 is 13.0. The van der Waals surface area contributed by atoms with Gasteiger partial charge in [0.15, 0.2) is 0 Å². The van der Waals surface area contributed by atoms with Gasteiger partial charge in [-0.25, -0.2) is 4.39 Å². The lowest BCUT2D eigenvalue weighted by Crippen LogP contribution is -2.45. The summed E-state index contributed by atoms with van der Waals surface area (Å²) in [7, 11) is 0. The maximum atomic E-state index is 13.0. The molecular formula is C9H18FNO. The number of piperidine rings is 1. The van der Waals surface area contributed by atoms with Gasteiger partial charge in [0.05, 0.1) is 6.10 Å². The summed E-state index contributed by atoms with van der Waals surface area (Å²) in [5, 5.41) is 9.13. The molecule has 0 amide bonds. The first-order valence-electron chi connectivity index (χ1n) is 4.64. The molecule has 1 rings (SSSR count). The third-order valence-electron chi connectivity index (χ3n) is 2.21. The van der Waals surface area contributed by atoms with Gasteiger partial charge in [0, 0.05) is 19.6 Å². The van der Waals surface area contributed by atoms with Gasteiger partial charge < -0.3 is 5.11 Å². The van der Waals surface area contributed by atoms with Gasteiger partial charge in [-0.3, -0.25) is 4.90 Å². The molecule has 0 aromatic carbocycles. The maximum absolute atomic E-state index is 13.0. The van der Waals surface area contributed by atoms with Crippen LogP contribution in [0.5, 0.6) is 0 Å². The number of rotatable bonds is 2. The molecule has 0 aromatic heterocycles. The molecule has 1 saturated heterocycles. The average Bonchev–Trinajstić information content (AvgIpc) is 1.96. The Morgan fingerprint density at radius 1 is 1.58 bits per heavy atom. The topological polar surface area (TPSA) is 23.5 Å². The predicted octanol–water partition coefficient (Wildman–Crippen LogP) is 1.05. The number of hydrogen-bond donors (Lipinski definition) is 1. The molecule has 0 aliphatic carbocycles. The van der Waals surface area contributed by atoms with Gasteiger partial charge in [-0.05, 0) is 12.3 Å². The molecule has 0 unspecified atom stereocenters. The molecule has 3 heteroatoms. The summed E-state index contributed by atoms with van der Waals surface area (Å²) in [6.07, 6.45) is -1.20. The number of aliphatic hydroxyl groups is 1. The maximum Gasteiger partial charge on any atom is 0.138 e.